The van der Waals surface area contributed by atoms with Crippen LogP contribution >= 0.6 is 12.2 Å². The number of ether oxygens (including phenoxy) is 1. The number of nitrogens with zero attached hydrogens (tertiary/aromatic N) is 1. The minimum atomic E-state index is -0.0723. The van der Waals surface area contributed by atoms with Crippen LogP contribution in [0.3, 0.4) is 0 Å². The van der Waals surface area contributed by atoms with Gasteiger partial charge in [0.05, 0.1) is 18.2 Å². The van der Waals surface area contributed by atoms with Crippen LogP contribution in [-0.4, -0.2) is 34.3 Å². The first-order valence-corrected chi connectivity index (χ1v) is 11.2. The Morgan fingerprint density at radius 3 is 2.81 bits per heavy atom. The highest BCUT2D eigenvalue weighted by molar-refractivity contribution is 7.80. The summed E-state index contributed by atoms with van der Waals surface area (Å²) in [6, 6.07) is 14.2. The van der Waals surface area contributed by atoms with Gasteiger partial charge in [0.25, 0.3) is 5.56 Å². The number of aryl methyl sites for hydroxylation is 3. The van der Waals surface area contributed by atoms with Crippen LogP contribution in [-0.2, 0) is 11.3 Å². The Labute approximate surface area is 188 Å². The van der Waals surface area contributed by atoms with E-state index in [4.69, 9.17) is 17.0 Å². The van der Waals surface area contributed by atoms with Gasteiger partial charge in [0.2, 0.25) is 0 Å². The van der Waals surface area contributed by atoms with Crippen molar-refractivity contribution in [2.45, 2.75) is 46.3 Å². The number of fused-ring (bicyclic) bond motifs is 1. The van der Waals surface area contributed by atoms with Gasteiger partial charge in [-0.25, -0.2) is 0 Å². The van der Waals surface area contributed by atoms with Crippen LogP contribution in [0, 0.1) is 20.8 Å². The highest BCUT2D eigenvalue weighted by Crippen LogP contribution is 2.21. The lowest BCUT2D eigenvalue weighted by molar-refractivity contribution is 0.0904. The predicted octanol–water partition coefficient (Wildman–Crippen LogP) is 4.83. The molecule has 1 fully saturated rings. The van der Waals surface area contributed by atoms with E-state index in [9.17, 15) is 4.79 Å². The Hall–Kier alpha value is -2.70. The van der Waals surface area contributed by atoms with Gasteiger partial charge in [0, 0.05) is 24.4 Å². The van der Waals surface area contributed by atoms with Gasteiger partial charge >= 0.3 is 0 Å². The van der Waals surface area contributed by atoms with Crippen molar-refractivity contribution in [2.24, 2.45) is 0 Å². The Kier molecular flexibility index (Phi) is 6.39. The molecule has 1 saturated heterocycles. The summed E-state index contributed by atoms with van der Waals surface area (Å²) in [5.74, 6) is 0. The second kappa shape index (κ2) is 9.20. The zero-order valence-corrected chi connectivity index (χ0v) is 19.1. The summed E-state index contributed by atoms with van der Waals surface area (Å²) in [7, 11) is 0. The number of thiocarbonyl (C=S) groups is 1. The van der Waals surface area contributed by atoms with Gasteiger partial charge in [0.1, 0.15) is 0 Å². The first-order valence-electron chi connectivity index (χ1n) is 10.8. The molecule has 2 N–H and O–H groups in total. The molecule has 2 heterocycles. The Morgan fingerprint density at radius 1 is 1.23 bits per heavy atom. The van der Waals surface area contributed by atoms with Crippen LogP contribution < -0.4 is 10.9 Å². The predicted molar refractivity (Wildman–Crippen MR) is 131 cm³/mol. The zero-order chi connectivity index (χ0) is 22.0. The number of H-pyrrole nitrogens is 1. The monoisotopic (exact) mass is 435 g/mol. The van der Waals surface area contributed by atoms with Crippen LogP contribution in [0.4, 0.5) is 5.69 Å². The molecule has 4 rings (SSSR count). The number of hydrogen-bond acceptors (Lipinski definition) is 3. The SMILES string of the molecule is Cc1cccc(NC(=S)N(Cc2cc3ccc(C)c(C)c3[nH]c2=O)C[C@@H]2CCCO2)c1. The van der Waals surface area contributed by atoms with Gasteiger partial charge < -0.3 is 19.9 Å². The van der Waals surface area contributed by atoms with Crippen LogP contribution in [0.1, 0.15) is 35.1 Å². The molecule has 1 atom stereocenters. The average molecular weight is 436 g/mol. The highest BCUT2D eigenvalue weighted by Gasteiger charge is 2.22. The lowest BCUT2D eigenvalue weighted by Gasteiger charge is -2.28. The highest BCUT2D eigenvalue weighted by atomic mass is 32.1. The summed E-state index contributed by atoms with van der Waals surface area (Å²) in [5.41, 5.74) is 5.91. The molecule has 1 aliphatic rings. The summed E-state index contributed by atoms with van der Waals surface area (Å²) >= 11 is 5.76. The summed E-state index contributed by atoms with van der Waals surface area (Å²) in [6.07, 6.45) is 2.20. The standard InChI is InChI=1S/C25H29N3O2S/c1-16-6-4-7-21(12-16)26-25(31)28(15-22-8-5-11-30-22)14-20-13-19-10-9-17(2)18(3)23(19)27-24(20)29/h4,6-7,9-10,12-13,22H,5,8,11,14-15H2,1-3H3,(H,26,31)(H,27,29)/t22-/m0/s1. The maximum Gasteiger partial charge on any atom is 0.253 e. The third-order valence-electron chi connectivity index (χ3n) is 5.99. The number of nitrogens with one attached hydrogen (secondary N) is 2. The molecule has 1 aromatic heterocycles. The molecule has 1 aliphatic heterocycles. The van der Waals surface area contributed by atoms with Crippen LogP contribution in [0.5, 0.6) is 0 Å². The average Bonchev–Trinajstić information content (AvgIpc) is 3.25. The van der Waals surface area contributed by atoms with Crippen molar-refractivity contribution < 1.29 is 4.74 Å². The molecule has 5 nitrogen and oxygen atoms in total. The van der Waals surface area contributed by atoms with E-state index in [0.717, 1.165) is 47.2 Å². The Balaban J connectivity index is 1.62. The van der Waals surface area contributed by atoms with Gasteiger partial charge in [-0.1, -0.05) is 24.3 Å². The van der Waals surface area contributed by atoms with E-state index in [-0.39, 0.29) is 11.7 Å². The Bertz CT molecular complexity index is 1170. The molecular formula is C25H29N3O2S. The third kappa shape index (κ3) is 4.97. The molecule has 0 aliphatic carbocycles. The number of rotatable bonds is 5. The normalized spacial score (nSPS) is 15.9. The van der Waals surface area contributed by atoms with E-state index in [0.29, 0.717) is 23.8 Å². The zero-order valence-electron chi connectivity index (χ0n) is 18.3. The summed E-state index contributed by atoms with van der Waals surface area (Å²) in [4.78, 5) is 18.0. The Morgan fingerprint density at radius 2 is 2.06 bits per heavy atom. The second-order valence-corrected chi connectivity index (χ2v) is 8.80. The van der Waals surface area contributed by atoms with Crippen molar-refractivity contribution in [3.05, 3.63) is 75.1 Å². The fourth-order valence-electron chi connectivity index (χ4n) is 4.07. The topological polar surface area (TPSA) is 57.4 Å². The minimum absolute atomic E-state index is 0.0723. The van der Waals surface area contributed by atoms with Crippen LogP contribution in [0.15, 0.2) is 47.3 Å². The van der Waals surface area contributed by atoms with Crippen LogP contribution in [0.2, 0.25) is 0 Å². The lowest BCUT2D eigenvalue weighted by atomic mass is 10.0. The van der Waals surface area contributed by atoms with Gasteiger partial charge in [-0.3, -0.25) is 4.79 Å². The maximum atomic E-state index is 12.9. The van der Waals surface area contributed by atoms with E-state index in [2.05, 4.69) is 48.4 Å². The summed E-state index contributed by atoms with van der Waals surface area (Å²) in [6.45, 7) is 8.01. The largest absolute Gasteiger partial charge is 0.376 e. The summed E-state index contributed by atoms with van der Waals surface area (Å²) in [5, 5.41) is 4.97. The molecule has 31 heavy (non-hydrogen) atoms. The van der Waals surface area contributed by atoms with Crippen molar-refractivity contribution in [3.8, 4) is 0 Å². The molecule has 0 unspecified atom stereocenters. The molecule has 0 radical (unpaired) electrons. The van der Waals surface area contributed by atoms with E-state index < -0.39 is 0 Å². The number of benzene rings is 2. The van der Waals surface area contributed by atoms with E-state index >= 15 is 0 Å². The molecule has 0 bridgehead atoms. The number of pyridine rings is 1. The molecule has 6 heteroatoms. The minimum Gasteiger partial charge on any atom is -0.376 e. The smallest absolute Gasteiger partial charge is 0.253 e. The fourth-order valence-corrected chi connectivity index (χ4v) is 4.33. The quantitative estimate of drug-likeness (QED) is 0.562. The van der Waals surface area contributed by atoms with Crippen molar-refractivity contribution in [3.63, 3.8) is 0 Å². The summed E-state index contributed by atoms with van der Waals surface area (Å²) < 4.78 is 5.85. The lowest BCUT2D eigenvalue weighted by Crippen LogP contribution is -2.40. The number of hydrogen-bond donors (Lipinski definition) is 2. The molecule has 0 amide bonds. The number of aromatic amines is 1. The van der Waals surface area contributed by atoms with E-state index in [1.54, 1.807) is 0 Å². The van der Waals surface area contributed by atoms with E-state index in [1.165, 1.54) is 5.56 Å². The van der Waals surface area contributed by atoms with Crippen molar-refractivity contribution in [1.29, 1.82) is 0 Å². The van der Waals surface area contributed by atoms with Gasteiger partial charge in [-0.05, 0) is 86.1 Å². The maximum absolute atomic E-state index is 12.9. The number of aromatic nitrogens is 1. The van der Waals surface area contributed by atoms with Crippen molar-refractivity contribution >= 4 is 33.9 Å². The molecule has 0 saturated carbocycles. The van der Waals surface area contributed by atoms with Gasteiger partial charge in [-0.2, -0.15) is 0 Å². The molecule has 0 spiro atoms. The van der Waals surface area contributed by atoms with Crippen molar-refractivity contribution in [2.75, 3.05) is 18.5 Å². The molecule has 3 aromatic rings. The number of anilines is 1. The molecule has 162 valence electrons. The van der Waals surface area contributed by atoms with Crippen LogP contribution in [0.25, 0.3) is 10.9 Å². The van der Waals surface area contributed by atoms with Crippen molar-refractivity contribution in [1.82, 2.24) is 9.88 Å². The fraction of sp³-hybridized carbons (Fsp3) is 0.360. The first kappa shape index (κ1) is 21.5. The second-order valence-electron chi connectivity index (χ2n) is 8.41. The molecular weight excluding hydrogens is 406 g/mol. The van der Waals surface area contributed by atoms with E-state index in [1.807, 2.05) is 30.0 Å². The third-order valence-corrected chi connectivity index (χ3v) is 6.35. The van der Waals surface area contributed by atoms with Gasteiger partial charge in [-0.15, -0.1) is 0 Å². The van der Waals surface area contributed by atoms with Gasteiger partial charge in [0.15, 0.2) is 5.11 Å². The first-order chi connectivity index (χ1) is 14.9. The molecule has 2 aromatic carbocycles.